The Morgan fingerprint density at radius 2 is 2.16 bits per heavy atom. The average Bonchev–Trinajstić information content (AvgIpc) is 2.38. The first-order chi connectivity index (χ1) is 9.11. The molecule has 0 aromatic heterocycles. The lowest BCUT2D eigenvalue weighted by molar-refractivity contribution is -0.118. The van der Waals surface area contributed by atoms with Gasteiger partial charge in [0.1, 0.15) is 0 Å². The van der Waals surface area contributed by atoms with Gasteiger partial charge in [-0.2, -0.15) is 0 Å². The number of hydrogen-bond acceptors (Lipinski definition) is 5. The number of hydrogen-bond donors (Lipinski definition) is 3. The quantitative estimate of drug-likeness (QED) is 0.525. The highest BCUT2D eigenvalue weighted by molar-refractivity contribution is 6.07. The lowest BCUT2D eigenvalue weighted by atomic mass is 9.99. The maximum atomic E-state index is 11.5. The SMILES string of the molecule is NC(=O)NC(=O)CN1CCC(=NO)c2ccccc21. The summed E-state index contributed by atoms with van der Waals surface area (Å²) >= 11 is 0. The number of fused-ring (bicyclic) bond motifs is 1. The minimum absolute atomic E-state index is 0.0265. The molecule has 0 unspecified atom stereocenters. The fraction of sp³-hybridized carbons (Fsp3) is 0.250. The highest BCUT2D eigenvalue weighted by Crippen LogP contribution is 2.26. The van der Waals surface area contributed by atoms with E-state index in [-0.39, 0.29) is 6.54 Å². The van der Waals surface area contributed by atoms with E-state index in [0.29, 0.717) is 18.7 Å². The summed E-state index contributed by atoms with van der Waals surface area (Å²) < 4.78 is 0. The summed E-state index contributed by atoms with van der Waals surface area (Å²) in [7, 11) is 0. The monoisotopic (exact) mass is 262 g/mol. The number of benzene rings is 1. The Morgan fingerprint density at radius 3 is 2.84 bits per heavy atom. The molecule has 1 aliphatic rings. The molecule has 0 spiro atoms. The minimum Gasteiger partial charge on any atom is -0.411 e. The Labute approximate surface area is 109 Å². The van der Waals surface area contributed by atoms with Crippen LogP contribution in [0, 0.1) is 0 Å². The zero-order valence-electron chi connectivity index (χ0n) is 10.2. The van der Waals surface area contributed by atoms with E-state index in [1.807, 2.05) is 34.5 Å². The van der Waals surface area contributed by atoms with E-state index in [4.69, 9.17) is 10.9 Å². The third kappa shape index (κ3) is 2.82. The van der Waals surface area contributed by atoms with Gasteiger partial charge in [-0.25, -0.2) is 4.79 Å². The van der Waals surface area contributed by atoms with Gasteiger partial charge in [0, 0.05) is 24.2 Å². The van der Waals surface area contributed by atoms with E-state index >= 15 is 0 Å². The van der Waals surface area contributed by atoms with Crippen molar-refractivity contribution in [2.45, 2.75) is 6.42 Å². The van der Waals surface area contributed by atoms with Crippen molar-refractivity contribution in [1.82, 2.24) is 5.32 Å². The number of nitrogens with one attached hydrogen (secondary N) is 1. The van der Waals surface area contributed by atoms with Gasteiger partial charge in [0.15, 0.2) is 0 Å². The second-order valence-corrected chi connectivity index (χ2v) is 4.15. The fourth-order valence-corrected chi connectivity index (χ4v) is 2.11. The Kier molecular flexibility index (Phi) is 3.65. The Hall–Kier alpha value is -2.57. The first kappa shape index (κ1) is 12.9. The van der Waals surface area contributed by atoms with E-state index in [1.54, 1.807) is 0 Å². The van der Waals surface area contributed by atoms with Gasteiger partial charge in [0.05, 0.1) is 12.3 Å². The molecule has 1 aliphatic heterocycles. The van der Waals surface area contributed by atoms with Gasteiger partial charge in [0.25, 0.3) is 0 Å². The zero-order chi connectivity index (χ0) is 13.8. The van der Waals surface area contributed by atoms with Crippen LogP contribution in [0.25, 0.3) is 0 Å². The van der Waals surface area contributed by atoms with Gasteiger partial charge in [-0.1, -0.05) is 23.4 Å². The van der Waals surface area contributed by atoms with E-state index < -0.39 is 11.9 Å². The second kappa shape index (κ2) is 5.38. The molecule has 1 aromatic rings. The van der Waals surface area contributed by atoms with Crippen molar-refractivity contribution in [3.05, 3.63) is 29.8 Å². The highest BCUT2D eigenvalue weighted by atomic mass is 16.4. The molecular formula is C12H14N4O3. The molecule has 100 valence electrons. The Balaban J connectivity index is 2.20. The molecule has 4 N–H and O–H groups in total. The lowest BCUT2D eigenvalue weighted by Gasteiger charge is -2.30. The molecule has 0 saturated heterocycles. The highest BCUT2D eigenvalue weighted by Gasteiger charge is 2.23. The number of nitrogens with zero attached hydrogens (tertiary/aromatic N) is 2. The number of carbonyl (C=O) groups excluding carboxylic acids is 2. The molecular weight excluding hydrogens is 248 g/mol. The molecule has 1 aromatic carbocycles. The van der Waals surface area contributed by atoms with Crippen LogP contribution in [-0.2, 0) is 4.79 Å². The number of primary amides is 1. The number of amides is 3. The molecule has 3 amide bonds. The third-order valence-electron chi connectivity index (χ3n) is 2.89. The Morgan fingerprint density at radius 1 is 1.42 bits per heavy atom. The van der Waals surface area contributed by atoms with Crippen LogP contribution in [-0.4, -0.2) is 35.9 Å². The lowest BCUT2D eigenvalue weighted by Crippen LogP contribution is -2.44. The van der Waals surface area contributed by atoms with E-state index in [0.717, 1.165) is 11.3 Å². The number of nitrogens with two attached hydrogens (primary N) is 1. The predicted octanol–water partition coefficient (Wildman–Crippen LogP) is 0.270. The summed E-state index contributed by atoms with van der Waals surface area (Å²) in [5.41, 5.74) is 7.05. The maximum Gasteiger partial charge on any atom is 0.318 e. The number of urea groups is 1. The van der Waals surface area contributed by atoms with E-state index in [2.05, 4.69) is 5.16 Å². The van der Waals surface area contributed by atoms with Crippen LogP contribution in [0.1, 0.15) is 12.0 Å². The molecule has 0 fully saturated rings. The summed E-state index contributed by atoms with van der Waals surface area (Å²) in [6.07, 6.45) is 0.525. The topological polar surface area (TPSA) is 108 Å². The van der Waals surface area contributed by atoms with Crippen molar-refractivity contribution in [1.29, 1.82) is 0 Å². The van der Waals surface area contributed by atoms with Gasteiger partial charge >= 0.3 is 6.03 Å². The van der Waals surface area contributed by atoms with Crippen LogP contribution >= 0.6 is 0 Å². The van der Waals surface area contributed by atoms with E-state index in [1.165, 1.54) is 0 Å². The van der Waals surface area contributed by atoms with Gasteiger partial charge in [-0.05, 0) is 6.07 Å². The first-order valence-corrected chi connectivity index (χ1v) is 5.76. The largest absolute Gasteiger partial charge is 0.411 e. The van der Waals surface area contributed by atoms with Crippen molar-refractivity contribution in [3.8, 4) is 0 Å². The first-order valence-electron chi connectivity index (χ1n) is 5.76. The number of rotatable bonds is 2. The number of imide groups is 1. The number of anilines is 1. The van der Waals surface area contributed by atoms with Crippen LogP contribution in [0.3, 0.4) is 0 Å². The minimum atomic E-state index is -0.868. The summed E-state index contributed by atoms with van der Waals surface area (Å²) in [5, 5.41) is 14.2. The molecule has 7 nitrogen and oxygen atoms in total. The van der Waals surface area contributed by atoms with Crippen LogP contribution in [0.15, 0.2) is 29.4 Å². The molecule has 0 atom stereocenters. The molecule has 7 heteroatoms. The summed E-state index contributed by atoms with van der Waals surface area (Å²) in [6, 6.07) is 6.45. The average molecular weight is 262 g/mol. The predicted molar refractivity (Wildman–Crippen MR) is 69.3 cm³/mol. The van der Waals surface area contributed by atoms with Crippen molar-refractivity contribution < 1.29 is 14.8 Å². The number of carbonyl (C=O) groups is 2. The summed E-state index contributed by atoms with van der Waals surface area (Å²) in [5.74, 6) is -0.466. The van der Waals surface area contributed by atoms with Gasteiger partial charge in [0.2, 0.25) is 5.91 Å². The van der Waals surface area contributed by atoms with Gasteiger partial charge < -0.3 is 15.8 Å². The van der Waals surface area contributed by atoms with Crippen molar-refractivity contribution in [2.24, 2.45) is 10.9 Å². The van der Waals surface area contributed by atoms with Crippen molar-refractivity contribution >= 4 is 23.3 Å². The normalized spacial score (nSPS) is 16.0. The van der Waals surface area contributed by atoms with Crippen LogP contribution in [0.4, 0.5) is 10.5 Å². The Bertz CT molecular complexity index is 542. The van der Waals surface area contributed by atoms with E-state index in [9.17, 15) is 9.59 Å². The van der Waals surface area contributed by atoms with Crippen LogP contribution < -0.4 is 16.0 Å². The van der Waals surface area contributed by atoms with Gasteiger partial charge in [-0.3, -0.25) is 10.1 Å². The van der Waals surface area contributed by atoms with Crippen molar-refractivity contribution in [2.75, 3.05) is 18.0 Å². The summed E-state index contributed by atoms with van der Waals surface area (Å²) in [6.45, 7) is 0.557. The molecule has 2 rings (SSSR count). The summed E-state index contributed by atoms with van der Waals surface area (Å²) in [4.78, 5) is 24.0. The number of oxime groups is 1. The molecule has 1 heterocycles. The van der Waals surface area contributed by atoms with Gasteiger partial charge in [-0.15, -0.1) is 0 Å². The molecule has 0 aliphatic carbocycles. The zero-order valence-corrected chi connectivity index (χ0v) is 10.2. The molecule has 0 radical (unpaired) electrons. The second-order valence-electron chi connectivity index (χ2n) is 4.15. The molecule has 0 bridgehead atoms. The van der Waals surface area contributed by atoms with Crippen LogP contribution in [0.2, 0.25) is 0 Å². The maximum absolute atomic E-state index is 11.5. The molecule has 0 saturated carbocycles. The number of para-hydroxylation sites is 1. The fourth-order valence-electron chi connectivity index (χ4n) is 2.11. The van der Waals surface area contributed by atoms with Crippen molar-refractivity contribution in [3.63, 3.8) is 0 Å². The standard InChI is InChI=1S/C12H14N4O3/c13-12(18)14-11(17)7-16-6-5-9(15-19)8-3-1-2-4-10(8)16/h1-4,19H,5-7H2,(H3,13,14,17,18). The van der Waals surface area contributed by atoms with Crippen LogP contribution in [0.5, 0.6) is 0 Å². The third-order valence-corrected chi connectivity index (χ3v) is 2.89. The smallest absolute Gasteiger partial charge is 0.318 e. The molecule has 19 heavy (non-hydrogen) atoms.